The number of hydrogen-bond acceptors (Lipinski definition) is 6. The Labute approximate surface area is 224 Å². The van der Waals surface area contributed by atoms with Gasteiger partial charge in [0.1, 0.15) is 11.4 Å². The van der Waals surface area contributed by atoms with Crippen LogP contribution in [-0.2, 0) is 20.9 Å². The monoisotopic (exact) mass is 522 g/mol. The first-order valence-electron chi connectivity index (χ1n) is 13.7. The van der Waals surface area contributed by atoms with Gasteiger partial charge in [-0.15, -0.1) is 0 Å². The summed E-state index contributed by atoms with van der Waals surface area (Å²) in [6.45, 7) is 8.46. The van der Waals surface area contributed by atoms with Gasteiger partial charge in [-0.05, 0) is 79.2 Å². The van der Waals surface area contributed by atoms with Crippen LogP contribution in [0, 0.1) is 25.7 Å². The molecule has 1 aromatic carbocycles. The summed E-state index contributed by atoms with van der Waals surface area (Å²) >= 11 is 1.69. The molecule has 3 aliphatic heterocycles. The van der Waals surface area contributed by atoms with Crippen molar-refractivity contribution in [2.75, 3.05) is 13.1 Å². The standard InChI is InChI=1S/C29H38N4O3S/c1-19-4-6-23(7-5-19)27-30-28(36)29(31-27)11-13-32(14-12-29)37-15-10-24-20(2)16-22(17-21(24)3)18-33-25(34)8-9-26(33)35/h10,15-17,19,23H,4-9,11-14,18H2,1-3H3,(H,30,31,36)/b15-10+. The first kappa shape index (κ1) is 26.2. The zero-order valence-corrected chi connectivity index (χ0v) is 23.0. The molecule has 0 bridgehead atoms. The predicted molar refractivity (Wildman–Crippen MR) is 148 cm³/mol. The number of aliphatic imine (C=N–C) groups is 1. The Hall–Kier alpha value is -2.45. The molecular weight excluding hydrogens is 484 g/mol. The Morgan fingerprint density at radius 1 is 1.03 bits per heavy atom. The van der Waals surface area contributed by atoms with Gasteiger partial charge in [-0.25, -0.2) is 4.31 Å². The van der Waals surface area contributed by atoms with Crippen molar-refractivity contribution in [3.63, 3.8) is 0 Å². The van der Waals surface area contributed by atoms with Gasteiger partial charge in [-0.1, -0.05) is 43.8 Å². The summed E-state index contributed by atoms with van der Waals surface area (Å²) in [5, 5.41) is 5.27. The fraction of sp³-hybridized carbons (Fsp3) is 0.586. The van der Waals surface area contributed by atoms with E-state index in [1.54, 1.807) is 11.9 Å². The number of aryl methyl sites for hydroxylation is 2. The van der Waals surface area contributed by atoms with E-state index in [4.69, 9.17) is 4.99 Å². The van der Waals surface area contributed by atoms with Crippen molar-refractivity contribution >= 4 is 41.6 Å². The highest BCUT2D eigenvalue weighted by atomic mass is 32.2. The number of piperidine rings is 1. The zero-order valence-electron chi connectivity index (χ0n) is 22.2. The van der Waals surface area contributed by atoms with Crippen LogP contribution in [0.5, 0.6) is 0 Å². The van der Waals surface area contributed by atoms with E-state index in [1.807, 2.05) is 0 Å². The van der Waals surface area contributed by atoms with Crippen LogP contribution < -0.4 is 5.32 Å². The average molecular weight is 523 g/mol. The highest BCUT2D eigenvalue weighted by Gasteiger charge is 2.47. The highest BCUT2D eigenvalue weighted by molar-refractivity contribution is 8.00. The van der Waals surface area contributed by atoms with Gasteiger partial charge in [0.05, 0.1) is 6.54 Å². The summed E-state index contributed by atoms with van der Waals surface area (Å²) in [6.07, 6.45) is 9.02. The minimum absolute atomic E-state index is 0.0791. The number of imide groups is 1. The van der Waals surface area contributed by atoms with E-state index in [-0.39, 0.29) is 17.7 Å². The number of rotatable bonds is 6. The van der Waals surface area contributed by atoms with Gasteiger partial charge in [0.15, 0.2) is 0 Å². The molecular formula is C29H38N4O3S. The van der Waals surface area contributed by atoms with Crippen LogP contribution in [0.15, 0.2) is 22.5 Å². The summed E-state index contributed by atoms with van der Waals surface area (Å²) in [5.41, 5.74) is 3.84. The van der Waals surface area contributed by atoms with Gasteiger partial charge in [-0.2, -0.15) is 0 Å². The molecule has 3 fully saturated rings. The van der Waals surface area contributed by atoms with Crippen molar-refractivity contribution in [1.29, 1.82) is 0 Å². The molecule has 8 heteroatoms. The van der Waals surface area contributed by atoms with Crippen LogP contribution in [0.3, 0.4) is 0 Å². The lowest BCUT2D eigenvalue weighted by Crippen LogP contribution is -2.47. The largest absolute Gasteiger partial charge is 0.312 e. The molecule has 1 spiro atoms. The van der Waals surface area contributed by atoms with Gasteiger partial charge in [0.2, 0.25) is 11.8 Å². The Morgan fingerprint density at radius 3 is 2.27 bits per heavy atom. The highest BCUT2D eigenvalue weighted by Crippen LogP contribution is 2.37. The maximum atomic E-state index is 12.9. The summed E-state index contributed by atoms with van der Waals surface area (Å²) in [6, 6.07) is 4.14. The Kier molecular flexibility index (Phi) is 7.59. The number of carbonyl (C=O) groups is 3. The molecule has 3 amide bonds. The van der Waals surface area contributed by atoms with Crippen molar-refractivity contribution in [3.8, 4) is 0 Å². The number of nitrogens with one attached hydrogen (secondary N) is 1. The van der Waals surface area contributed by atoms with Crippen molar-refractivity contribution < 1.29 is 14.4 Å². The third-order valence-electron chi connectivity index (χ3n) is 8.54. The van der Waals surface area contributed by atoms with E-state index in [9.17, 15) is 14.4 Å². The smallest absolute Gasteiger partial charge is 0.253 e. The lowest BCUT2D eigenvalue weighted by atomic mass is 9.82. The SMILES string of the molecule is Cc1cc(CN2C(=O)CCC2=O)cc(C)c1/C=C/SN1CCC2(CC1)N=C(C1CCC(C)CC1)NC2=O. The van der Waals surface area contributed by atoms with Crippen LogP contribution in [0.1, 0.15) is 80.5 Å². The zero-order chi connectivity index (χ0) is 26.2. The average Bonchev–Trinajstić information content (AvgIpc) is 3.36. The summed E-state index contributed by atoms with van der Waals surface area (Å²) < 4.78 is 2.31. The first-order valence-corrected chi connectivity index (χ1v) is 14.5. The fourth-order valence-electron chi connectivity index (χ4n) is 6.15. The van der Waals surface area contributed by atoms with E-state index in [0.717, 1.165) is 72.8 Å². The van der Waals surface area contributed by atoms with Crippen LogP contribution in [0.4, 0.5) is 0 Å². The summed E-state index contributed by atoms with van der Waals surface area (Å²) in [5.74, 6) is 2.10. The second-order valence-electron chi connectivity index (χ2n) is 11.3. The first-order chi connectivity index (χ1) is 17.7. The molecule has 1 aliphatic carbocycles. The second kappa shape index (κ2) is 10.7. The quantitative estimate of drug-likeness (QED) is 0.430. The van der Waals surface area contributed by atoms with E-state index >= 15 is 0 Å². The molecule has 0 atom stereocenters. The molecule has 0 radical (unpaired) electrons. The number of benzene rings is 1. The van der Waals surface area contributed by atoms with Crippen LogP contribution in [0.25, 0.3) is 6.08 Å². The molecule has 4 aliphatic rings. The molecule has 0 aromatic heterocycles. The minimum atomic E-state index is -0.569. The Balaban J connectivity index is 1.16. The van der Waals surface area contributed by atoms with Crippen LogP contribution in [-0.4, -0.2) is 51.4 Å². The minimum Gasteiger partial charge on any atom is -0.312 e. The predicted octanol–water partition coefficient (Wildman–Crippen LogP) is 4.76. The number of likely N-dealkylation sites (tertiary alicyclic amines) is 1. The topological polar surface area (TPSA) is 82.1 Å². The van der Waals surface area contributed by atoms with E-state index < -0.39 is 5.54 Å². The Bertz CT molecular complexity index is 1100. The molecule has 7 nitrogen and oxygen atoms in total. The lowest BCUT2D eigenvalue weighted by Gasteiger charge is -2.34. The number of amidine groups is 1. The molecule has 1 aromatic rings. The van der Waals surface area contributed by atoms with Gasteiger partial charge < -0.3 is 5.32 Å². The summed E-state index contributed by atoms with van der Waals surface area (Å²) in [4.78, 5) is 43.2. The molecule has 37 heavy (non-hydrogen) atoms. The maximum Gasteiger partial charge on any atom is 0.253 e. The molecule has 1 N–H and O–H groups in total. The third-order valence-corrected chi connectivity index (χ3v) is 9.47. The number of amides is 3. The summed E-state index contributed by atoms with van der Waals surface area (Å²) in [7, 11) is 0. The Morgan fingerprint density at radius 2 is 1.65 bits per heavy atom. The van der Waals surface area contributed by atoms with Gasteiger partial charge in [-0.3, -0.25) is 24.3 Å². The van der Waals surface area contributed by atoms with Gasteiger partial charge in [0.25, 0.3) is 5.91 Å². The fourth-order valence-corrected chi connectivity index (χ4v) is 6.92. The lowest BCUT2D eigenvalue weighted by molar-refractivity contribution is -0.139. The molecule has 2 saturated heterocycles. The van der Waals surface area contributed by atoms with Gasteiger partial charge in [0, 0.05) is 31.8 Å². The second-order valence-corrected chi connectivity index (χ2v) is 12.3. The van der Waals surface area contributed by atoms with E-state index in [0.29, 0.717) is 25.3 Å². The van der Waals surface area contributed by atoms with Crippen molar-refractivity contribution in [2.45, 2.75) is 84.2 Å². The molecule has 1 saturated carbocycles. The third kappa shape index (κ3) is 5.55. The number of hydrogen-bond donors (Lipinski definition) is 1. The van der Waals surface area contributed by atoms with Crippen molar-refractivity contribution in [1.82, 2.24) is 14.5 Å². The van der Waals surface area contributed by atoms with E-state index in [1.165, 1.54) is 17.7 Å². The number of nitrogens with zero attached hydrogens (tertiary/aromatic N) is 3. The van der Waals surface area contributed by atoms with Gasteiger partial charge >= 0.3 is 0 Å². The van der Waals surface area contributed by atoms with Crippen molar-refractivity contribution in [2.24, 2.45) is 16.8 Å². The number of carbonyl (C=O) groups excluding carboxylic acids is 3. The van der Waals surface area contributed by atoms with Crippen LogP contribution >= 0.6 is 11.9 Å². The van der Waals surface area contributed by atoms with Crippen molar-refractivity contribution in [3.05, 3.63) is 39.8 Å². The molecule has 3 heterocycles. The molecule has 5 rings (SSSR count). The maximum absolute atomic E-state index is 12.9. The molecule has 198 valence electrons. The normalized spacial score (nSPS) is 26.4. The van der Waals surface area contributed by atoms with E-state index in [2.05, 4.69) is 54.0 Å². The van der Waals surface area contributed by atoms with Crippen LogP contribution in [0.2, 0.25) is 0 Å². The molecule has 0 unspecified atom stereocenters.